The van der Waals surface area contributed by atoms with E-state index in [9.17, 15) is 14.7 Å². The van der Waals surface area contributed by atoms with Gasteiger partial charge in [0.05, 0.1) is 16.5 Å². The third-order valence-electron chi connectivity index (χ3n) is 5.01. The second kappa shape index (κ2) is 6.83. The number of nitrogens with zero attached hydrogens (tertiary/aromatic N) is 2. The molecule has 0 radical (unpaired) electrons. The monoisotopic (exact) mass is 357 g/mol. The van der Waals surface area contributed by atoms with Gasteiger partial charge in [-0.2, -0.15) is 0 Å². The lowest BCUT2D eigenvalue weighted by atomic mass is 9.82. The molecule has 1 aromatic carbocycles. The first-order chi connectivity index (χ1) is 12.2. The molecule has 2 N–H and O–H groups in total. The lowest BCUT2D eigenvalue weighted by Gasteiger charge is -2.32. The van der Waals surface area contributed by atoms with Crippen LogP contribution in [0.4, 0.5) is 0 Å². The van der Waals surface area contributed by atoms with Gasteiger partial charge >= 0.3 is 0 Å². The molecule has 0 bridgehead atoms. The molecule has 1 fully saturated rings. The van der Waals surface area contributed by atoms with Crippen molar-refractivity contribution in [2.45, 2.75) is 64.9 Å². The zero-order valence-electron chi connectivity index (χ0n) is 15.7. The van der Waals surface area contributed by atoms with Gasteiger partial charge in [0, 0.05) is 11.8 Å². The topological polar surface area (TPSA) is 84.2 Å². The van der Waals surface area contributed by atoms with Crippen molar-refractivity contribution in [3.63, 3.8) is 0 Å². The molecule has 1 heterocycles. The van der Waals surface area contributed by atoms with Gasteiger partial charge in [0.1, 0.15) is 5.82 Å². The number of carbonyl (C=O) groups is 1. The number of aromatic nitrogens is 2. The maximum absolute atomic E-state index is 13.0. The first kappa shape index (κ1) is 18.6. The number of nitrogens with one attached hydrogen (secondary N) is 1. The van der Waals surface area contributed by atoms with Crippen molar-refractivity contribution in [2.75, 3.05) is 5.43 Å². The van der Waals surface area contributed by atoms with Gasteiger partial charge in [-0.25, -0.2) is 9.66 Å². The van der Waals surface area contributed by atoms with Crippen LogP contribution in [0.3, 0.4) is 0 Å². The highest BCUT2D eigenvalue weighted by Crippen LogP contribution is 2.30. The van der Waals surface area contributed by atoms with E-state index in [2.05, 4.69) is 10.4 Å². The largest absolute Gasteiger partial charge is 0.389 e. The fourth-order valence-electron chi connectivity index (χ4n) is 3.36. The molecule has 0 aliphatic heterocycles. The number of benzene rings is 1. The van der Waals surface area contributed by atoms with Gasteiger partial charge < -0.3 is 5.11 Å². The summed E-state index contributed by atoms with van der Waals surface area (Å²) in [5.41, 5.74) is 1.44. The maximum atomic E-state index is 13.0. The van der Waals surface area contributed by atoms with E-state index >= 15 is 0 Å². The highest BCUT2D eigenvalue weighted by molar-refractivity contribution is 5.89. The summed E-state index contributed by atoms with van der Waals surface area (Å²) in [7, 11) is 0. The summed E-state index contributed by atoms with van der Waals surface area (Å²) >= 11 is 0. The smallest absolute Gasteiger partial charge is 0.280 e. The van der Waals surface area contributed by atoms with Crippen LogP contribution >= 0.6 is 0 Å². The Morgan fingerprint density at radius 2 is 1.88 bits per heavy atom. The van der Waals surface area contributed by atoms with Crippen molar-refractivity contribution >= 4 is 16.8 Å². The molecule has 0 atom stereocenters. The Labute approximate surface area is 153 Å². The number of hydrogen-bond donors (Lipinski definition) is 2. The molecule has 1 amide bonds. The predicted octanol–water partition coefficient (Wildman–Crippen LogP) is 2.75. The Hall–Kier alpha value is -2.21. The summed E-state index contributed by atoms with van der Waals surface area (Å²) in [5, 5.41) is 11.4. The minimum absolute atomic E-state index is 0.248. The van der Waals surface area contributed by atoms with Crippen LogP contribution in [0.2, 0.25) is 0 Å². The Bertz CT molecular complexity index is 874. The van der Waals surface area contributed by atoms with E-state index in [1.807, 2.05) is 6.07 Å². The molecule has 26 heavy (non-hydrogen) atoms. The Kier molecular flexibility index (Phi) is 4.88. The fraction of sp³-hybridized carbons (Fsp3) is 0.550. The summed E-state index contributed by atoms with van der Waals surface area (Å²) in [5.74, 6) is 0.129. The van der Waals surface area contributed by atoms with Gasteiger partial charge in [0.15, 0.2) is 0 Å². The van der Waals surface area contributed by atoms with Gasteiger partial charge in [-0.05, 0) is 25.0 Å². The summed E-state index contributed by atoms with van der Waals surface area (Å²) < 4.78 is 1.22. The van der Waals surface area contributed by atoms with Crippen molar-refractivity contribution < 1.29 is 9.90 Å². The fourth-order valence-corrected chi connectivity index (χ4v) is 3.36. The van der Waals surface area contributed by atoms with Crippen LogP contribution in [0.5, 0.6) is 0 Å². The van der Waals surface area contributed by atoms with Crippen LogP contribution in [0.15, 0.2) is 29.1 Å². The van der Waals surface area contributed by atoms with Gasteiger partial charge in [-0.1, -0.05) is 52.2 Å². The van der Waals surface area contributed by atoms with Crippen LogP contribution in [-0.2, 0) is 11.2 Å². The molecule has 2 aromatic rings. The lowest BCUT2D eigenvalue weighted by molar-refractivity contribution is -0.124. The number of aliphatic hydroxyl groups is 1. The second-order valence-electron chi connectivity index (χ2n) is 8.34. The second-order valence-corrected chi connectivity index (χ2v) is 8.34. The number of rotatable bonds is 3. The highest BCUT2D eigenvalue weighted by atomic mass is 16.3. The van der Waals surface area contributed by atoms with Crippen LogP contribution in [0, 0.1) is 5.41 Å². The van der Waals surface area contributed by atoms with E-state index in [0.29, 0.717) is 29.6 Å². The van der Waals surface area contributed by atoms with Crippen molar-refractivity contribution in [3.8, 4) is 0 Å². The third kappa shape index (κ3) is 3.80. The maximum Gasteiger partial charge on any atom is 0.280 e. The SMILES string of the molecule is CC(C)(C)C(=O)Nn1c(CC2(O)CCCCC2)nc2ccccc2c1=O. The molecule has 6 nitrogen and oxygen atoms in total. The van der Waals surface area contributed by atoms with Crippen LogP contribution in [-0.4, -0.2) is 26.3 Å². The zero-order valence-corrected chi connectivity index (χ0v) is 15.7. The Morgan fingerprint density at radius 1 is 1.23 bits per heavy atom. The quantitative estimate of drug-likeness (QED) is 0.885. The van der Waals surface area contributed by atoms with Crippen molar-refractivity contribution in [2.24, 2.45) is 5.41 Å². The molecule has 140 valence electrons. The molecular formula is C20H27N3O3. The zero-order chi connectivity index (χ0) is 18.9. The molecular weight excluding hydrogens is 330 g/mol. The first-order valence-electron chi connectivity index (χ1n) is 9.24. The first-order valence-corrected chi connectivity index (χ1v) is 9.24. The average Bonchev–Trinajstić information content (AvgIpc) is 2.57. The summed E-state index contributed by atoms with van der Waals surface area (Å²) in [6.07, 6.45) is 4.65. The average molecular weight is 357 g/mol. The number of amides is 1. The Balaban J connectivity index is 2.08. The van der Waals surface area contributed by atoms with Gasteiger partial charge in [0.2, 0.25) is 5.91 Å². The molecule has 1 aliphatic rings. The molecule has 3 rings (SSSR count). The predicted molar refractivity (Wildman–Crippen MR) is 102 cm³/mol. The molecule has 0 saturated heterocycles. The van der Waals surface area contributed by atoms with Crippen LogP contribution in [0.25, 0.3) is 10.9 Å². The summed E-state index contributed by atoms with van der Waals surface area (Å²) in [6, 6.07) is 7.08. The lowest BCUT2D eigenvalue weighted by Crippen LogP contribution is -2.43. The molecule has 1 aliphatic carbocycles. The van der Waals surface area contributed by atoms with E-state index in [0.717, 1.165) is 19.3 Å². The van der Waals surface area contributed by atoms with Crippen molar-refractivity contribution in [3.05, 3.63) is 40.4 Å². The summed E-state index contributed by atoms with van der Waals surface area (Å²) in [6.45, 7) is 5.36. The van der Waals surface area contributed by atoms with E-state index in [-0.39, 0.29) is 17.9 Å². The number of para-hydroxylation sites is 1. The Morgan fingerprint density at radius 3 is 2.54 bits per heavy atom. The number of fused-ring (bicyclic) bond motifs is 1. The van der Waals surface area contributed by atoms with Crippen LogP contribution in [0.1, 0.15) is 58.7 Å². The van der Waals surface area contributed by atoms with Crippen molar-refractivity contribution in [1.82, 2.24) is 9.66 Å². The van der Waals surface area contributed by atoms with Gasteiger partial charge in [0.25, 0.3) is 5.56 Å². The van der Waals surface area contributed by atoms with E-state index in [1.54, 1.807) is 39.0 Å². The summed E-state index contributed by atoms with van der Waals surface area (Å²) in [4.78, 5) is 30.1. The van der Waals surface area contributed by atoms with E-state index in [1.165, 1.54) is 4.68 Å². The molecule has 1 saturated carbocycles. The third-order valence-corrected chi connectivity index (χ3v) is 5.01. The van der Waals surface area contributed by atoms with Crippen molar-refractivity contribution in [1.29, 1.82) is 0 Å². The minimum atomic E-state index is -0.881. The molecule has 0 spiro atoms. The normalized spacial score (nSPS) is 17.2. The van der Waals surface area contributed by atoms with E-state index in [4.69, 9.17) is 0 Å². The van der Waals surface area contributed by atoms with Crippen LogP contribution < -0.4 is 11.0 Å². The molecule has 6 heteroatoms. The standard InChI is InChI=1S/C20H27N3O3/c1-19(2,3)18(25)22-23-16(13-20(26)11-7-4-8-12-20)21-15-10-6-5-9-14(15)17(23)24/h5-6,9-10,26H,4,7-8,11-13H2,1-3H3,(H,22,25). The van der Waals surface area contributed by atoms with Gasteiger partial charge in [-0.3, -0.25) is 15.0 Å². The number of hydrogen-bond acceptors (Lipinski definition) is 4. The molecule has 1 aromatic heterocycles. The number of carbonyl (C=O) groups excluding carboxylic acids is 1. The van der Waals surface area contributed by atoms with E-state index < -0.39 is 11.0 Å². The highest BCUT2D eigenvalue weighted by Gasteiger charge is 2.32. The molecule has 0 unspecified atom stereocenters. The minimum Gasteiger partial charge on any atom is -0.389 e. The van der Waals surface area contributed by atoms with Gasteiger partial charge in [-0.15, -0.1) is 0 Å².